The number of methoxy groups -OCH3 is 1. The minimum atomic E-state index is -3.74. The topological polar surface area (TPSA) is 102 Å². The summed E-state index contributed by atoms with van der Waals surface area (Å²) in [5.41, 5.74) is 1.10. The molecule has 0 aliphatic carbocycles. The van der Waals surface area contributed by atoms with Gasteiger partial charge in [0.1, 0.15) is 0 Å². The zero-order valence-corrected chi connectivity index (χ0v) is 18.6. The fourth-order valence-electron chi connectivity index (χ4n) is 2.75. The van der Waals surface area contributed by atoms with Gasteiger partial charge in [-0.1, -0.05) is 19.1 Å². The summed E-state index contributed by atoms with van der Waals surface area (Å²) in [5.74, 6) is -1.77. The van der Waals surface area contributed by atoms with E-state index in [0.717, 1.165) is 0 Å². The van der Waals surface area contributed by atoms with Gasteiger partial charge >= 0.3 is 5.97 Å². The van der Waals surface area contributed by atoms with E-state index in [1.54, 1.807) is 19.9 Å². The number of amides is 1. The first-order chi connectivity index (χ1) is 14.6. The van der Waals surface area contributed by atoms with Crippen LogP contribution in [0.3, 0.4) is 0 Å². The molecule has 2 rings (SSSR count). The number of ether oxygens (including phenoxy) is 2. The van der Waals surface area contributed by atoms with E-state index >= 15 is 0 Å². The number of carbonyl (C=O) groups excluding carboxylic acids is 2. The summed E-state index contributed by atoms with van der Waals surface area (Å²) in [6.07, 6.45) is 0. The van der Waals surface area contributed by atoms with Crippen LogP contribution in [0.2, 0.25) is 0 Å². The second-order valence-corrected chi connectivity index (χ2v) is 8.54. The van der Waals surface area contributed by atoms with E-state index in [2.05, 4.69) is 4.72 Å². The monoisotopic (exact) mass is 452 g/mol. The van der Waals surface area contributed by atoms with Crippen molar-refractivity contribution < 1.29 is 31.9 Å². The number of aryl methyl sites for hydroxylation is 1. The predicted octanol–water partition coefficient (Wildman–Crippen LogP) is 2.26. The van der Waals surface area contributed by atoms with Crippen LogP contribution in [0, 0.1) is 12.7 Å². The predicted molar refractivity (Wildman–Crippen MR) is 112 cm³/mol. The van der Waals surface area contributed by atoms with Crippen LogP contribution in [0.25, 0.3) is 0 Å². The number of benzene rings is 2. The highest BCUT2D eigenvalue weighted by Crippen LogP contribution is 2.19. The number of nitrogens with zero attached hydrogens (tertiary/aromatic N) is 1. The maximum atomic E-state index is 13.8. The third-order valence-corrected chi connectivity index (χ3v) is 6.01. The van der Waals surface area contributed by atoms with Crippen LogP contribution in [0.1, 0.15) is 28.4 Å². The number of rotatable bonds is 9. The summed E-state index contributed by atoms with van der Waals surface area (Å²) >= 11 is 0. The van der Waals surface area contributed by atoms with Crippen molar-refractivity contribution in [2.24, 2.45) is 0 Å². The molecule has 0 bridgehead atoms. The Morgan fingerprint density at radius 3 is 2.48 bits per heavy atom. The van der Waals surface area contributed by atoms with Crippen LogP contribution in [0.4, 0.5) is 4.39 Å². The summed E-state index contributed by atoms with van der Waals surface area (Å²) in [6.45, 7) is 3.04. The van der Waals surface area contributed by atoms with Gasteiger partial charge in [0.25, 0.3) is 5.91 Å². The van der Waals surface area contributed by atoms with Crippen molar-refractivity contribution in [2.75, 3.05) is 27.3 Å². The molecule has 10 heteroatoms. The number of nitrogens with one attached hydrogen (secondary N) is 1. The number of likely N-dealkylation sites (N-methyl/N-ethyl adjacent to an activating group) is 1. The van der Waals surface area contributed by atoms with Gasteiger partial charge in [0.05, 0.1) is 17.6 Å². The molecule has 1 N–H and O–H groups in total. The van der Waals surface area contributed by atoms with Crippen LogP contribution in [0.15, 0.2) is 41.3 Å². The van der Waals surface area contributed by atoms with Crippen molar-refractivity contribution in [3.8, 4) is 5.75 Å². The van der Waals surface area contributed by atoms with E-state index in [0.29, 0.717) is 11.1 Å². The van der Waals surface area contributed by atoms with Gasteiger partial charge < -0.3 is 14.4 Å². The Bertz CT molecular complexity index is 1070. The lowest BCUT2D eigenvalue weighted by molar-refractivity contribution is -0.133. The summed E-state index contributed by atoms with van der Waals surface area (Å²) in [7, 11) is -0.894. The molecule has 168 valence electrons. The average Bonchev–Trinajstić information content (AvgIpc) is 2.72. The Labute approximate surface area is 181 Å². The zero-order chi connectivity index (χ0) is 23.2. The number of hydrogen-bond donors (Lipinski definition) is 1. The van der Waals surface area contributed by atoms with Crippen LogP contribution in [-0.2, 0) is 26.1 Å². The van der Waals surface area contributed by atoms with E-state index in [-0.39, 0.29) is 29.3 Å². The summed E-state index contributed by atoms with van der Waals surface area (Å²) in [4.78, 5) is 26.0. The summed E-state index contributed by atoms with van der Waals surface area (Å²) in [6, 6.07) is 8.43. The van der Waals surface area contributed by atoms with Gasteiger partial charge in [-0.05, 0) is 42.3 Å². The first kappa shape index (κ1) is 24.3. The smallest absolute Gasteiger partial charge is 0.338 e. The molecule has 0 heterocycles. The molecule has 0 aliphatic heterocycles. The highest BCUT2D eigenvalue weighted by molar-refractivity contribution is 7.89. The van der Waals surface area contributed by atoms with Gasteiger partial charge in [0.2, 0.25) is 10.0 Å². The van der Waals surface area contributed by atoms with Gasteiger partial charge in [-0.2, -0.15) is 0 Å². The fourth-order valence-corrected chi connectivity index (χ4v) is 3.81. The second kappa shape index (κ2) is 10.4. The Kier molecular flexibility index (Phi) is 8.12. The van der Waals surface area contributed by atoms with Gasteiger partial charge in [0.15, 0.2) is 18.2 Å². The molecule has 2 aromatic carbocycles. The number of halogens is 1. The van der Waals surface area contributed by atoms with Crippen LogP contribution < -0.4 is 9.46 Å². The first-order valence-corrected chi connectivity index (χ1v) is 10.9. The Morgan fingerprint density at radius 2 is 1.87 bits per heavy atom. The number of hydrogen-bond acceptors (Lipinski definition) is 6. The molecule has 2 aromatic rings. The molecule has 1 amide bonds. The van der Waals surface area contributed by atoms with Crippen molar-refractivity contribution in [3.05, 3.63) is 58.9 Å². The normalized spacial score (nSPS) is 11.1. The molecule has 0 radical (unpaired) electrons. The average molecular weight is 453 g/mol. The lowest BCUT2D eigenvalue weighted by atomic mass is 10.1. The lowest BCUT2D eigenvalue weighted by Gasteiger charge is -2.18. The van der Waals surface area contributed by atoms with E-state index in [1.165, 1.54) is 49.4 Å². The molecular formula is C21H25FN2O6S. The van der Waals surface area contributed by atoms with E-state index < -0.39 is 34.3 Å². The highest BCUT2D eigenvalue weighted by Gasteiger charge is 2.20. The maximum Gasteiger partial charge on any atom is 0.338 e. The molecule has 0 aliphatic rings. The number of esters is 1. The quantitative estimate of drug-likeness (QED) is 0.586. The van der Waals surface area contributed by atoms with Crippen molar-refractivity contribution in [2.45, 2.75) is 25.3 Å². The second-order valence-electron chi connectivity index (χ2n) is 6.77. The molecule has 0 saturated carbocycles. The van der Waals surface area contributed by atoms with Gasteiger partial charge in [-0.25, -0.2) is 22.3 Å². The molecule has 8 nitrogen and oxygen atoms in total. The minimum Gasteiger partial charge on any atom is -0.494 e. The third-order valence-electron chi connectivity index (χ3n) is 4.46. The molecule has 0 spiro atoms. The van der Waals surface area contributed by atoms with Crippen molar-refractivity contribution in [1.29, 1.82) is 0 Å². The van der Waals surface area contributed by atoms with Crippen LogP contribution in [-0.4, -0.2) is 52.5 Å². The molecular weight excluding hydrogens is 427 g/mol. The highest BCUT2D eigenvalue weighted by atomic mass is 32.2. The zero-order valence-electron chi connectivity index (χ0n) is 17.8. The lowest BCUT2D eigenvalue weighted by Crippen LogP contribution is -2.31. The molecule has 0 aromatic heterocycles. The van der Waals surface area contributed by atoms with Crippen LogP contribution in [0.5, 0.6) is 5.75 Å². The molecule has 0 unspecified atom stereocenters. The van der Waals surface area contributed by atoms with E-state index in [1.807, 2.05) is 0 Å². The summed E-state index contributed by atoms with van der Waals surface area (Å²) in [5, 5.41) is 0. The van der Waals surface area contributed by atoms with Gasteiger partial charge in [-0.15, -0.1) is 0 Å². The van der Waals surface area contributed by atoms with Crippen molar-refractivity contribution >= 4 is 21.9 Å². The van der Waals surface area contributed by atoms with Gasteiger partial charge in [-0.3, -0.25) is 4.79 Å². The largest absolute Gasteiger partial charge is 0.494 e. The van der Waals surface area contributed by atoms with Crippen molar-refractivity contribution in [1.82, 2.24) is 9.62 Å². The van der Waals surface area contributed by atoms with E-state index in [9.17, 15) is 22.4 Å². The first-order valence-electron chi connectivity index (χ1n) is 9.42. The Morgan fingerprint density at radius 1 is 1.16 bits per heavy atom. The molecule has 0 saturated heterocycles. The van der Waals surface area contributed by atoms with Gasteiger partial charge in [0, 0.05) is 20.1 Å². The molecule has 31 heavy (non-hydrogen) atoms. The van der Waals surface area contributed by atoms with E-state index in [4.69, 9.17) is 9.47 Å². The summed E-state index contributed by atoms with van der Waals surface area (Å²) < 4.78 is 50.4. The Hall–Kier alpha value is -2.98. The fraction of sp³-hybridized carbons (Fsp3) is 0.333. The SMILES string of the molecule is CCNS(=O)(=O)c1ccc(C)c(C(=O)OCC(=O)N(C)Cc2ccc(OC)c(F)c2)c1. The maximum absolute atomic E-state index is 13.8. The third kappa shape index (κ3) is 6.25. The number of carbonyl (C=O) groups is 2. The molecule has 0 atom stereocenters. The van der Waals surface area contributed by atoms with Crippen LogP contribution >= 0.6 is 0 Å². The van der Waals surface area contributed by atoms with Crippen molar-refractivity contribution in [3.63, 3.8) is 0 Å². The number of sulfonamides is 1. The molecule has 0 fully saturated rings. The minimum absolute atomic E-state index is 0.0478. The standard InChI is InChI=1S/C21H25FN2O6S/c1-5-23-31(27,28)16-8-6-14(2)17(11-16)21(26)30-13-20(25)24(3)12-15-7-9-19(29-4)18(22)10-15/h6-11,23H,5,12-13H2,1-4H3. The Balaban J connectivity index is 2.03.